The molecule has 3 N–H and O–H groups in total. The summed E-state index contributed by atoms with van der Waals surface area (Å²) in [5.41, 5.74) is 4.54. The summed E-state index contributed by atoms with van der Waals surface area (Å²) < 4.78 is 35.1. The summed E-state index contributed by atoms with van der Waals surface area (Å²) in [6, 6.07) is 13.7. The molecule has 1 aliphatic carbocycles. The largest absolute Gasteiger partial charge is 0.348 e. The van der Waals surface area contributed by atoms with Gasteiger partial charge >= 0.3 is 0 Å². The molecule has 2 fully saturated rings. The Kier molecular flexibility index (Phi) is 5.36. The number of amides is 1. The molecule has 2 aromatic carbocycles. The average molecular weight is 493 g/mol. The van der Waals surface area contributed by atoms with Crippen molar-refractivity contribution >= 4 is 27.4 Å². The Hall–Kier alpha value is -3.27. The third-order valence-electron chi connectivity index (χ3n) is 6.73. The lowest BCUT2D eigenvalue weighted by atomic mass is 10.00. The fourth-order valence-electron chi connectivity index (χ4n) is 4.77. The minimum absolute atomic E-state index is 0.183. The van der Waals surface area contributed by atoms with E-state index < -0.39 is 16.4 Å². The Morgan fingerprint density at radius 3 is 2.60 bits per heavy atom. The molecule has 1 atom stereocenters. The van der Waals surface area contributed by atoms with Crippen LogP contribution in [0.2, 0.25) is 0 Å². The molecule has 3 heterocycles. The van der Waals surface area contributed by atoms with E-state index >= 15 is 0 Å². The Labute approximate surface area is 203 Å². The first kappa shape index (κ1) is 22.2. The van der Waals surface area contributed by atoms with Crippen LogP contribution in [0.3, 0.4) is 0 Å². The molecule has 1 aliphatic heterocycles. The van der Waals surface area contributed by atoms with Gasteiger partial charge in [-0.1, -0.05) is 30.3 Å². The van der Waals surface area contributed by atoms with Crippen molar-refractivity contribution in [1.29, 1.82) is 0 Å². The van der Waals surface area contributed by atoms with Crippen LogP contribution in [0.15, 0.2) is 61.1 Å². The second kappa shape index (κ2) is 8.44. The van der Waals surface area contributed by atoms with E-state index in [1.54, 1.807) is 16.7 Å². The van der Waals surface area contributed by atoms with E-state index in [0.717, 1.165) is 34.4 Å². The van der Waals surface area contributed by atoms with Crippen LogP contribution in [-0.4, -0.2) is 47.1 Å². The third-order valence-corrected chi connectivity index (χ3v) is 8.56. The molecule has 1 amide bonds. The van der Waals surface area contributed by atoms with Gasteiger partial charge in [-0.25, -0.2) is 14.4 Å². The smallest absolute Gasteiger partial charge is 0.251 e. The lowest BCUT2D eigenvalue weighted by Gasteiger charge is -2.26. The number of nitrogens with zero attached hydrogens (tertiary/aromatic N) is 3. The highest BCUT2D eigenvalue weighted by Crippen LogP contribution is 2.46. The molecule has 0 radical (unpaired) electrons. The molecule has 180 valence electrons. The zero-order valence-corrected chi connectivity index (χ0v) is 19.7. The zero-order chi connectivity index (χ0) is 24.2. The van der Waals surface area contributed by atoms with Crippen LogP contribution < -0.4 is 5.32 Å². The lowest BCUT2D eigenvalue weighted by Crippen LogP contribution is -2.35. The summed E-state index contributed by atoms with van der Waals surface area (Å²) >= 11 is 0. The van der Waals surface area contributed by atoms with Gasteiger partial charge in [0.1, 0.15) is 0 Å². The molecule has 0 bridgehead atoms. The summed E-state index contributed by atoms with van der Waals surface area (Å²) in [5.74, 6) is 0.619. The summed E-state index contributed by atoms with van der Waals surface area (Å²) in [5, 5.41) is 3.85. The monoisotopic (exact) mass is 492 g/mol. The molecule has 2 aliphatic rings. The highest BCUT2D eigenvalue weighted by Gasteiger charge is 2.30. The highest BCUT2D eigenvalue weighted by molar-refractivity contribution is 8.24. The summed E-state index contributed by atoms with van der Waals surface area (Å²) in [6.07, 6.45) is 7.13. The van der Waals surface area contributed by atoms with Crippen molar-refractivity contribution in [2.75, 3.05) is 11.5 Å². The number of hydrogen-bond acceptors (Lipinski definition) is 5. The molecule has 0 spiro atoms. The van der Waals surface area contributed by atoms with Crippen LogP contribution in [0.5, 0.6) is 0 Å². The van der Waals surface area contributed by atoms with Gasteiger partial charge in [0.2, 0.25) is 5.95 Å². The minimum Gasteiger partial charge on any atom is -0.348 e. The fourth-order valence-corrected chi connectivity index (χ4v) is 6.50. The standard InChI is InChI=1S/C26H25FN4O3S/c27-20-12-28-26(29-13-20)31-14-23(18-3-1-2-17(10-18)16-4-5-16)22-7-6-19(11-24(22)31)25(32)30-21-8-9-35(33,34)15-21/h1-3,6-7,10-14,16,21,33-34H,4-5,8-9,15H2,(H,30,32). The van der Waals surface area contributed by atoms with E-state index in [2.05, 4.69) is 39.6 Å². The third kappa shape index (κ3) is 4.42. The second-order valence-corrected chi connectivity index (χ2v) is 11.7. The first-order chi connectivity index (χ1) is 16.9. The highest BCUT2D eigenvalue weighted by atomic mass is 32.3. The van der Waals surface area contributed by atoms with Crippen molar-refractivity contribution in [3.63, 3.8) is 0 Å². The van der Waals surface area contributed by atoms with Crippen molar-refractivity contribution in [3.05, 3.63) is 78.0 Å². The van der Waals surface area contributed by atoms with Gasteiger partial charge in [0.15, 0.2) is 5.82 Å². The molecule has 7 nitrogen and oxygen atoms in total. The number of aromatic nitrogens is 3. The Morgan fingerprint density at radius 2 is 1.89 bits per heavy atom. The molecule has 1 unspecified atom stereocenters. The van der Waals surface area contributed by atoms with Crippen LogP contribution in [0.25, 0.3) is 28.0 Å². The van der Waals surface area contributed by atoms with Crippen molar-refractivity contribution < 1.29 is 18.3 Å². The molecule has 6 rings (SSSR count). The predicted octanol–water partition coefficient (Wildman–Crippen LogP) is 5.36. The van der Waals surface area contributed by atoms with E-state index in [9.17, 15) is 18.3 Å². The Morgan fingerprint density at radius 1 is 1.09 bits per heavy atom. The Balaban J connectivity index is 1.42. The number of halogens is 1. The fraction of sp³-hybridized carbons (Fsp3) is 0.269. The van der Waals surface area contributed by atoms with Crippen molar-refractivity contribution in [2.45, 2.75) is 31.2 Å². The van der Waals surface area contributed by atoms with Gasteiger partial charge < -0.3 is 5.32 Å². The van der Waals surface area contributed by atoms with E-state index in [0.29, 0.717) is 29.6 Å². The lowest BCUT2D eigenvalue weighted by molar-refractivity contribution is 0.0941. The number of carbonyl (C=O) groups is 1. The normalized spacial score (nSPS) is 20.1. The van der Waals surface area contributed by atoms with E-state index in [1.165, 1.54) is 18.4 Å². The molecule has 9 heteroatoms. The quantitative estimate of drug-likeness (QED) is 0.348. The minimum atomic E-state index is -2.60. The molecule has 1 saturated heterocycles. The van der Waals surface area contributed by atoms with Crippen LogP contribution in [0.1, 0.15) is 41.1 Å². The van der Waals surface area contributed by atoms with Gasteiger partial charge in [0, 0.05) is 34.5 Å². The van der Waals surface area contributed by atoms with Gasteiger partial charge in [-0.15, -0.1) is 0 Å². The average Bonchev–Trinajstić information content (AvgIpc) is 3.55. The Bertz CT molecular complexity index is 1430. The zero-order valence-electron chi connectivity index (χ0n) is 18.9. The van der Waals surface area contributed by atoms with Crippen LogP contribution >= 0.6 is 10.6 Å². The maximum atomic E-state index is 13.5. The van der Waals surface area contributed by atoms with Crippen molar-refractivity contribution in [3.8, 4) is 17.1 Å². The number of benzene rings is 2. The van der Waals surface area contributed by atoms with Crippen molar-refractivity contribution in [1.82, 2.24) is 19.9 Å². The number of carbonyl (C=O) groups excluding carboxylic acids is 1. The van der Waals surface area contributed by atoms with Crippen molar-refractivity contribution in [2.24, 2.45) is 0 Å². The summed E-state index contributed by atoms with van der Waals surface area (Å²) in [6.45, 7) is 0. The van der Waals surface area contributed by atoms with Crippen LogP contribution in [0.4, 0.5) is 4.39 Å². The van der Waals surface area contributed by atoms with Gasteiger partial charge in [0.05, 0.1) is 23.7 Å². The predicted molar refractivity (Wildman–Crippen MR) is 135 cm³/mol. The second-order valence-electron chi connectivity index (χ2n) is 9.38. The summed E-state index contributed by atoms with van der Waals surface area (Å²) in [7, 11) is -2.60. The number of rotatable bonds is 5. The molecule has 4 aromatic rings. The number of hydrogen-bond donors (Lipinski definition) is 3. The number of nitrogens with one attached hydrogen (secondary N) is 1. The van der Waals surface area contributed by atoms with Gasteiger partial charge in [-0.2, -0.15) is 10.6 Å². The van der Waals surface area contributed by atoms with Gasteiger partial charge in [-0.3, -0.25) is 18.5 Å². The molecule has 2 aromatic heterocycles. The SMILES string of the molecule is O=C(NC1CCS(O)(O)C1)c1ccc2c(-c3cccc(C4CC4)c3)cn(-c3ncc(F)cn3)c2c1. The maximum absolute atomic E-state index is 13.5. The number of fused-ring (bicyclic) bond motifs is 1. The van der Waals surface area contributed by atoms with Crippen LogP contribution in [-0.2, 0) is 0 Å². The molecular weight excluding hydrogens is 467 g/mol. The molecule has 35 heavy (non-hydrogen) atoms. The molecule has 1 saturated carbocycles. The molecular formula is C26H25FN4O3S. The van der Waals surface area contributed by atoms with E-state index in [4.69, 9.17) is 0 Å². The van der Waals surface area contributed by atoms with Crippen LogP contribution in [0, 0.1) is 5.82 Å². The first-order valence-corrected chi connectivity index (χ1v) is 13.5. The van der Waals surface area contributed by atoms with Gasteiger partial charge in [0.25, 0.3) is 5.91 Å². The topological polar surface area (TPSA) is 100 Å². The van der Waals surface area contributed by atoms with E-state index in [1.807, 2.05) is 12.3 Å². The van der Waals surface area contributed by atoms with E-state index in [-0.39, 0.29) is 17.7 Å². The first-order valence-electron chi connectivity index (χ1n) is 11.6. The maximum Gasteiger partial charge on any atom is 0.251 e. The summed E-state index contributed by atoms with van der Waals surface area (Å²) in [4.78, 5) is 21.3. The van der Waals surface area contributed by atoms with Gasteiger partial charge in [-0.05, 0) is 48.4 Å².